The van der Waals surface area contributed by atoms with Crippen molar-refractivity contribution >= 4 is 36.7 Å². The summed E-state index contributed by atoms with van der Waals surface area (Å²) in [7, 11) is 0. The number of carbonyl (C=O) groups excluding carboxylic acids is 2. The summed E-state index contributed by atoms with van der Waals surface area (Å²) in [5.74, 6) is 0. The van der Waals surface area contributed by atoms with Crippen molar-refractivity contribution < 1.29 is 13.8 Å². The maximum absolute atomic E-state index is 10.4. The van der Waals surface area contributed by atoms with Gasteiger partial charge in [0.25, 0.3) is 0 Å². The molecule has 0 saturated heterocycles. The molecule has 7 heteroatoms. The number of imidazole rings is 1. The van der Waals surface area contributed by atoms with Crippen LogP contribution in [0.1, 0.15) is 26.4 Å². The average Bonchev–Trinajstić information content (AvgIpc) is 3.13. The summed E-state index contributed by atoms with van der Waals surface area (Å²) in [6.07, 6.45) is 4.94. The molecule has 0 saturated carbocycles. The van der Waals surface area contributed by atoms with Crippen LogP contribution in [0.5, 0.6) is 0 Å². The van der Waals surface area contributed by atoms with Crippen LogP contribution in [-0.4, -0.2) is 26.3 Å². The van der Waals surface area contributed by atoms with Crippen LogP contribution in [0.15, 0.2) is 67.1 Å². The number of aldehydes is 2. The number of halogens is 1. The van der Waals surface area contributed by atoms with E-state index in [1.807, 2.05) is 34.9 Å². The Hall–Kier alpha value is -2.70. The maximum atomic E-state index is 10.4. The average molecular weight is 375 g/mol. The molecule has 5 nitrogen and oxygen atoms in total. The van der Waals surface area contributed by atoms with Crippen LogP contribution in [0.2, 0.25) is 5.02 Å². The number of hydrogen-bond acceptors (Lipinski definition) is 5. The van der Waals surface area contributed by atoms with E-state index in [1.165, 1.54) is 5.56 Å². The molecule has 0 aliphatic rings. The van der Waals surface area contributed by atoms with Gasteiger partial charge in [-0.05, 0) is 17.7 Å². The number of carbonyl (C=O) groups is 2. The van der Waals surface area contributed by atoms with Gasteiger partial charge in [0.05, 0.1) is 6.33 Å². The Morgan fingerprint density at radius 2 is 1.60 bits per heavy atom. The van der Waals surface area contributed by atoms with Crippen molar-refractivity contribution in [3.05, 3.63) is 89.0 Å². The first-order valence-corrected chi connectivity index (χ1v) is 7.80. The predicted molar refractivity (Wildman–Crippen MR) is 98.1 cm³/mol. The number of hydrogen-bond donors (Lipinski definition) is 0. The third kappa shape index (κ3) is 7.60. The van der Waals surface area contributed by atoms with Gasteiger partial charge in [0.15, 0.2) is 18.8 Å². The van der Waals surface area contributed by atoms with Crippen molar-refractivity contribution in [3.63, 3.8) is 0 Å². The lowest BCUT2D eigenvalue weighted by atomic mass is 10.2. The lowest BCUT2D eigenvalue weighted by Gasteiger charge is -2.00. The standard InChI is InChI=1S/C11H10N2O.C7H5ClO.OS/c14-8-11-7-13(9-12-11)6-10-4-2-1-3-5-10;8-7-3-1-6(5-9)2-4-7;1-2/h1-5,7-9H,6H2;1-5H;. The van der Waals surface area contributed by atoms with Crippen molar-refractivity contribution in [2.75, 3.05) is 0 Å². The molecule has 1 aromatic heterocycles. The van der Waals surface area contributed by atoms with Gasteiger partial charge in [-0.1, -0.05) is 54.1 Å². The second-order valence-electron chi connectivity index (χ2n) is 4.74. The van der Waals surface area contributed by atoms with Crippen molar-refractivity contribution in [3.8, 4) is 0 Å². The van der Waals surface area contributed by atoms with Crippen LogP contribution < -0.4 is 0 Å². The summed E-state index contributed by atoms with van der Waals surface area (Å²) >= 11 is 8.39. The molecule has 0 amide bonds. The van der Waals surface area contributed by atoms with Gasteiger partial charge in [-0.25, -0.2) is 4.98 Å². The van der Waals surface area contributed by atoms with E-state index in [0.29, 0.717) is 16.3 Å². The second-order valence-corrected chi connectivity index (χ2v) is 5.18. The van der Waals surface area contributed by atoms with Crippen LogP contribution >= 0.6 is 11.6 Å². The summed E-state index contributed by atoms with van der Waals surface area (Å²) in [4.78, 5) is 24.4. The van der Waals surface area contributed by atoms with Crippen molar-refractivity contribution in [2.45, 2.75) is 6.54 Å². The molecule has 0 radical (unpaired) electrons. The highest BCUT2D eigenvalue weighted by Crippen LogP contribution is 2.07. The Labute approximate surface area is 155 Å². The molecule has 0 aliphatic carbocycles. The first-order valence-electron chi connectivity index (χ1n) is 7.09. The Bertz CT molecular complexity index is 777. The van der Waals surface area contributed by atoms with E-state index in [0.717, 1.165) is 19.1 Å². The van der Waals surface area contributed by atoms with E-state index in [4.69, 9.17) is 15.8 Å². The van der Waals surface area contributed by atoms with E-state index in [-0.39, 0.29) is 0 Å². The summed E-state index contributed by atoms with van der Waals surface area (Å²) in [5.41, 5.74) is 2.32. The van der Waals surface area contributed by atoms with Crippen molar-refractivity contribution in [2.24, 2.45) is 0 Å². The van der Waals surface area contributed by atoms with E-state index in [9.17, 15) is 9.59 Å². The summed E-state index contributed by atoms with van der Waals surface area (Å²) in [6, 6.07) is 16.8. The first kappa shape index (κ1) is 20.3. The Kier molecular flexibility index (Phi) is 9.58. The zero-order chi connectivity index (χ0) is 18.5. The molecule has 0 atom stereocenters. The van der Waals surface area contributed by atoms with Crippen LogP contribution in [0, 0.1) is 0 Å². The molecule has 0 aliphatic heterocycles. The normalized spacial score (nSPS) is 9.00. The molecule has 0 fully saturated rings. The molecule has 1 heterocycles. The Morgan fingerprint density at radius 1 is 0.960 bits per heavy atom. The Balaban J connectivity index is 0.000000246. The highest BCUT2D eigenvalue weighted by atomic mass is 35.5. The van der Waals surface area contributed by atoms with Crippen LogP contribution in [0.4, 0.5) is 0 Å². The number of rotatable bonds is 4. The topological polar surface area (TPSA) is 69.0 Å². The molecular formula is C18H15ClN2O3S. The minimum atomic E-state index is 0.473. The molecule has 128 valence electrons. The van der Waals surface area contributed by atoms with Crippen molar-refractivity contribution in [1.82, 2.24) is 9.55 Å². The lowest BCUT2D eigenvalue weighted by Crippen LogP contribution is -1.95. The number of aromatic nitrogens is 2. The lowest BCUT2D eigenvalue weighted by molar-refractivity contribution is 0.111. The van der Waals surface area contributed by atoms with Gasteiger partial charge in [-0.2, -0.15) is 4.21 Å². The van der Waals surface area contributed by atoms with E-state index < -0.39 is 0 Å². The maximum Gasteiger partial charge on any atom is 0.197 e. The van der Waals surface area contributed by atoms with Crippen LogP contribution in [0.25, 0.3) is 0 Å². The smallest absolute Gasteiger partial charge is 0.197 e. The molecule has 3 rings (SSSR count). The number of benzene rings is 2. The highest BCUT2D eigenvalue weighted by Gasteiger charge is 1.97. The largest absolute Gasteiger partial charge is 0.332 e. The second kappa shape index (κ2) is 11.8. The van der Waals surface area contributed by atoms with Gasteiger partial charge >= 0.3 is 0 Å². The first-order chi connectivity index (χ1) is 12.2. The summed E-state index contributed by atoms with van der Waals surface area (Å²) in [5, 5.41) is 0.653. The van der Waals surface area contributed by atoms with Crippen LogP contribution in [-0.2, 0) is 19.1 Å². The molecule has 0 bridgehead atoms. The van der Waals surface area contributed by atoms with E-state index in [2.05, 4.69) is 17.5 Å². The zero-order valence-corrected chi connectivity index (χ0v) is 14.7. The van der Waals surface area contributed by atoms with Crippen LogP contribution in [0.3, 0.4) is 0 Å². The minimum absolute atomic E-state index is 0.473. The van der Waals surface area contributed by atoms with E-state index >= 15 is 0 Å². The van der Waals surface area contributed by atoms with Gasteiger partial charge < -0.3 is 4.57 Å². The summed E-state index contributed by atoms with van der Waals surface area (Å²) < 4.78 is 9.72. The Morgan fingerprint density at radius 3 is 2.12 bits per heavy atom. The molecule has 0 unspecified atom stereocenters. The highest BCUT2D eigenvalue weighted by molar-refractivity contribution is 7.44. The monoisotopic (exact) mass is 374 g/mol. The number of nitrogens with zero attached hydrogens (tertiary/aromatic N) is 2. The van der Waals surface area contributed by atoms with Gasteiger partial charge in [0, 0.05) is 23.3 Å². The SMILES string of the molecule is O=Cc1ccc(Cl)cc1.O=Cc1cn(Cc2ccccc2)cn1.O=S. The third-order valence-corrected chi connectivity index (χ3v) is 3.24. The van der Waals surface area contributed by atoms with Crippen molar-refractivity contribution in [1.29, 1.82) is 0 Å². The fraction of sp³-hybridized carbons (Fsp3) is 0.0556. The third-order valence-electron chi connectivity index (χ3n) is 2.99. The molecule has 0 N–H and O–H groups in total. The quantitative estimate of drug-likeness (QED) is 0.653. The van der Waals surface area contributed by atoms with Gasteiger partial charge in [0.2, 0.25) is 0 Å². The zero-order valence-electron chi connectivity index (χ0n) is 13.1. The summed E-state index contributed by atoms with van der Waals surface area (Å²) in [6.45, 7) is 0.752. The van der Waals surface area contributed by atoms with E-state index in [1.54, 1.807) is 36.8 Å². The predicted octanol–water partition coefficient (Wildman–Crippen LogP) is 3.56. The molecule has 2 aromatic carbocycles. The molecule has 0 spiro atoms. The van der Waals surface area contributed by atoms with Gasteiger partial charge in [0.1, 0.15) is 12.0 Å². The minimum Gasteiger partial charge on any atom is -0.332 e. The van der Waals surface area contributed by atoms with Gasteiger partial charge in [-0.15, -0.1) is 0 Å². The fourth-order valence-corrected chi connectivity index (χ4v) is 1.99. The van der Waals surface area contributed by atoms with Gasteiger partial charge in [-0.3, -0.25) is 9.59 Å². The molecule has 3 aromatic rings. The fourth-order valence-electron chi connectivity index (χ4n) is 1.86. The molecule has 25 heavy (non-hydrogen) atoms. The molecular weight excluding hydrogens is 360 g/mol.